The predicted octanol–water partition coefficient (Wildman–Crippen LogP) is 5.44. The first-order valence-corrected chi connectivity index (χ1v) is 10.9. The number of carboxylic acid groups (broad SMARTS) is 1. The number of hydrogen-bond donors (Lipinski definition) is 1. The minimum absolute atomic E-state index is 0.0169. The number of rotatable bonds is 6. The summed E-state index contributed by atoms with van der Waals surface area (Å²) >= 11 is 13.3. The molecule has 0 atom stereocenters. The molecule has 0 radical (unpaired) electrons. The lowest BCUT2D eigenvalue weighted by molar-refractivity contribution is -0.0337. The van der Waals surface area contributed by atoms with Crippen LogP contribution in [0.3, 0.4) is 0 Å². The molecule has 1 amide bonds. The average molecular weight is 478 g/mol. The van der Waals surface area contributed by atoms with Gasteiger partial charge >= 0.3 is 5.97 Å². The summed E-state index contributed by atoms with van der Waals surface area (Å²) in [6, 6.07) is 15.6. The Bertz CT molecular complexity index is 1110. The molecular formula is C22H17Cl2NO5S. The number of benzene rings is 2. The van der Waals surface area contributed by atoms with Gasteiger partial charge < -0.3 is 19.5 Å². The number of anilines is 1. The number of hydrogen-bond acceptors (Lipinski definition) is 5. The number of ether oxygens (including phenoxy) is 2. The van der Waals surface area contributed by atoms with Crippen molar-refractivity contribution in [2.75, 3.05) is 24.7 Å². The molecule has 160 valence electrons. The summed E-state index contributed by atoms with van der Waals surface area (Å²) in [5.74, 6) is -1.60. The smallest absolute Gasteiger partial charge is 0.348 e. The highest BCUT2D eigenvalue weighted by molar-refractivity contribution is 7.18. The zero-order valence-electron chi connectivity index (χ0n) is 16.1. The molecule has 31 heavy (non-hydrogen) atoms. The summed E-state index contributed by atoms with van der Waals surface area (Å²) in [7, 11) is 0. The Kier molecular flexibility index (Phi) is 6.60. The highest BCUT2D eigenvalue weighted by atomic mass is 35.5. The predicted molar refractivity (Wildman–Crippen MR) is 121 cm³/mol. The van der Waals surface area contributed by atoms with Gasteiger partial charge in [-0.05, 0) is 29.8 Å². The van der Waals surface area contributed by atoms with Gasteiger partial charge in [-0.1, -0.05) is 53.5 Å². The molecule has 0 bridgehead atoms. The fourth-order valence-electron chi connectivity index (χ4n) is 3.24. The van der Waals surface area contributed by atoms with Gasteiger partial charge in [0.25, 0.3) is 5.91 Å². The minimum Gasteiger partial charge on any atom is -0.477 e. The van der Waals surface area contributed by atoms with Crippen molar-refractivity contribution in [2.24, 2.45) is 0 Å². The third-order valence-corrected chi connectivity index (χ3v) is 6.39. The van der Waals surface area contributed by atoms with Gasteiger partial charge in [-0.25, -0.2) is 4.79 Å². The Balaban J connectivity index is 1.80. The molecule has 2 aromatic carbocycles. The number of carbonyl (C=O) groups is 2. The third-order valence-electron chi connectivity index (χ3n) is 4.68. The topological polar surface area (TPSA) is 76.1 Å². The molecular weight excluding hydrogens is 461 g/mol. The maximum absolute atomic E-state index is 13.5. The van der Waals surface area contributed by atoms with Crippen LogP contribution < -0.4 is 4.90 Å². The average Bonchev–Trinajstić information content (AvgIpc) is 3.42. The quantitative estimate of drug-likeness (QED) is 0.511. The van der Waals surface area contributed by atoms with Crippen molar-refractivity contribution in [2.45, 2.75) is 6.29 Å². The fraction of sp³-hybridized carbons (Fsp3) is 0.182. The summed E-state index contributed by atoms with van der Waals surface area (Å²) in [4.78, 5) is 27.6. The summed E-state index contributed by atoms with van der Waals surface area (Å²) in [5.41, 5.74) is 1.31. The number of amides is 1. The maximum atomic E-state index is 13.5. The first-order valence-electron chi connectivity index (χ1n) is 9.36. The van der Waals surface area contributed by atoms with Crippen LogP contribution in [0.2, 0.25) is 10.0 Å². The second-order valence-electron chi connectivity index (χ2n) is 6.71. The van der Waals surface area contributed by atoms with Gasteiger partial charge in [0.05, 0.1) is 36.0 Å². The van der Waals surface area contributed by atoms with Crippen LogP contribution in [0.15, 0.2) is 54.6 Å². The summed E-state index contributed by atoms with van der Waals surface area (Å²) in [6.07, 6.45) is -0.670. The monoisotopic (exact) mass is 477 g/mol. The lowest BCUT2D eigenvalue weighted by Gasteiger charge is -2.25. The molecule has 1 N–H and O–H groups in total. The fourth-order valence-corrected chi connectivity index (χ4v) is 4.74. The lowest BCUT2D eigenvalue weighted by Crippen LogP contribution is -2.38. The van der Waals surface area contributed by atoms with Gasteiger partial charge in [0.15, 0.2) is 6.29 Å². The highest BCUT2D eigenvalue weighted by Gasteiger charge is 2.31. The van der Waals surface area contributed by atoms with Crippen LogP contribution in [-0.2, 0) is 9.47 Å². The second-order valence-corrected chi connectivity index (χ2v) is 8.60. The number of aromatic carboxylic acids is 1. The molecule has 1 aliphatic rings. The Morgan fingerprint density at radius 3 is 2.42 bits per heavy atom. The Morgan fingerprint density at radius 2 is 1.77 bits per heavy atom. The van der Waals surface area contributed by atoms with Crippen LogP contribution in [-0.4, -0.2) is 43.0 Å². The van der Waals surface area contributed by atoms with Crippen molar-refractivity contribution >= 4 is 52.1 Å². The largest absolute Gasteiger partial charge is 0.477 e. The molecule has 3 aromatic rings. The van der Waals surface area contributed by atoms with Gasteiger partial charge in [-0.15, -0.1) is 11.3 Å². The molecule has 0 saturated carbocycles. The first-order chi connectivity index (χ1) is 14.9. The van der Waals surface area contributed by atoms with E-state index in [1.807, 2.05) is 30.3 Å². The standard InChI is InChI=1S/C22H17Cl2NO5S/c23-14-6-7-15(16(24)10-14)21(26)25(12-19-29-8-9-30-19)17-11-18(31-20(17)22(27)28)13-4-2-1-3-5-13/h1-7,10-11,19H,8-9,12H2,(H,27,28). The van der Waals surface area contributed by atoms with Crippen molar-refractivity contribution in [1.29, 1.82) is 0 Å². The van der Waals surface area contributed by atoms with E-state index >= 15 is 0 Å². The summed E-state index contributed by atoms with van der Waals surface area (Å²) in [6.45, 7) is 0.821. The van der Waals surface area contributed by atoms with Gasteiger partial charge in [0, 0.05) is 9.90 Å². The molecule has 9 heteroatoms. The van der Waals surface area contributed by atoms with E-state index in [4.69, 9.17) is 32.7 Å². The van der Waals surface area contributed by atoms with Crippen molar-refractivity contribution in [3.05, 3.63) is 75.1 Å². The second kappa shape index (κ2) is 9.38. The zero-order chi connectivity index (χ0) is 22.0. The normalized spacial score (nSPS) is 14.0. The van der Waals surface area contributed by atoms with E-state index in [0.717, 1.165) is 21.8 Å². The lowest BCUT2D eigenvalue weighted by atomic mass is 10.1. The number of thiophene rings is 1. The number of carbonyl (C=O) groups excluding carboxylic acids is 1. The molecule has 4 rings (SSSR count). The van der Waals surface area contributed by atoms with Crippen molar-refractivity contribution in [3.63, 3.8) is 0 Å². The Morgan fingerprint density at radius 1 is 1.06 bits per heavy atom. The molecule has 1 fully saturated rings. The van der Waals surface area contributed by atoms with Crippen LogP contribution in [0.1, 0.15) is 20.0 Å². The maximum Gasteiger partial charge on any atom is 0.348 e. The van der Waals surface area contributed by atoms with Gasteiger partial charge in [-0.3, -0.25) is 4.79 Å². The number of carboxylic acids is 1. The summed E-state index contributed by atoms with van der Waals surface area (Å²) < 4.78 is 11.0. The van der Waals surface area contributed by atoms with Gasteiger partial charge in [0.2, 0.25) is 0 Å². The Hall–Kier alpha value is -2.42. The first kappa shape index (κ1) is 21.8. The van der Waals surface area contributed by atoms with Gasteiger partial charge in [-0.2, -0.15) is 0 Å². The van der Waals surface area contributed by atoms with Crippen LogP contribution >= 0.6 is 34.5 Å². The number of halogens is 2. The van der Waals surface area contributed by atoms with Gasteiger partial charge in [0.1, 0.15) is 4.88 Å². The van der Waals surface area contributed by atoms with E-state index in [1.54, 1.807) is 12.1 Å². The highest BCUT2D eigenvalue weighted by Crippen LogP contribution is 2.38. The van der Waals surface area contributed by atoms with Crippen molar-refractivity contribution in [1.82, 2.24) is 0 Å². The molecule has 1 saturated heterocycles. The minimum atomic E-state index is -1.13. The van der Waals surface area contributed by atoms with Crippen LogP contribution in [0.4, 0.5) is 5.69 Å². The molecule has 1 aliphatic heterocycles. The molecule has 0 spiro atoms. The third kappa shape index (κ3) is 4.76. The molecule has 1 aromatic heterocycles. The summed E-state index contributed by atoms with van der Waals surface area (Å²) in [5, 5.41) is 10.4. The van der Waals surface area contributed by atoms with Crippen LogP contribution in [0.5, 0.6) is 0 Å². The Labute approximate surface area is 192 Å². The van der Waals surface area contributed by atoms with Crippen LogP contribution in [0, 0.1) is 0 Å². The molecule has 2 heterocycles. The van der Waals surface area contributed by atoms with Crippen molar-refractivity contribution < 1.29 is 24.2 Å². The van der Waals surface area contributed by atoms with Crippen molar-refractivity contribution in [3.8, 4) is 10.4 Å². The molecule has 6 nitrogen and oxygen atoms in total. The van der Waals surface area contributed by atoms with E-state index in [0.29, 0.717) is 18.2 Å². The number of nitrogens with zero attached hydrogens (tertiary/aromatic N) is 1. The van der Waals surface area contributed by atoms with E-state index in [-0.39, 0.29) is 27.7 Å². The van der Waals surface area contributed by atoms with E-state index in [2.05, 4.69) is 0 Å². The van der Waals surface area contributed by atoms with E-state index < -0.39 is 18.2 Å². The van der Waals surface area contributed by atoms with Crippen LogP contribution in [0.25, 0.3) is 10.4 Å². The molecule has 0 unspecified atom stereocenters. The SMILES string of the molecule is O=C(O)c1sc(-c2ccccc2)cc1N(CC1OCCO1)C(=O)c1ccc(Cl)cc1Cl. The zero-order valence-corrected chi connectivity index (χ0v) is 18.4. The molecule has 0 aliphatic carbocycles. The van der Waals surface area contributed by atoms with E-state index in [9.17, 15) is 14.7 Å². The van der Waals surface area contributed by atoms with E-state index in [1.165, 1.54) is 17.0 Å².